The van der Waals surface area contributed by atoms with Crippen molar-refractivity contribution in [1.82, 2.24) is 5.43 Å². The fourth-order valence-corrected chi connectivity index (χ4v) is 2.51. The molecule has 0 radical (unpaired) electrons. The minimum atomic E-state index is -0.489. The van der Waals surface area contributed by atoms with Crippen LogP contribution in [0.4, 0.5) is 4.39 Å². The summed E-state index contributed by atoms with van der Waals surface area (Å²) in [5.74, 6) is 0.639. The highest BCUT2D eigenvalue weighted by Gasteiger charge is 2.15. The largest absolute Gasteiger partial charge is 0.454 e. The van der Waals surface area contributed by atoms with Gasteiger partial charge in [-0.15, -0.1) is 11.3 Å². The fourth-order valence-electron chi connectivity index (χ4n) is 1.68. The number of halogens is 2. The predicted molar refractivity (Wildman–Crippen MR) is 76.9 cm³/mol. The van der Waals surface area contributed by atoms with Crippen LogP contribution in [-0.4, -0.2) is 18.9 Å². The fraction of sp³-hybridized carbons (Fsp3) is 0.0769. The number of rotatable bonds is 3. The number of hydrogen-bond donors (Lipinski definition) is 1. The van der Waals surface area contributed by atoms with Crippen molar-refractivity contribution in [3.63, 3.8) is 0 Å². The molecule has 2 aromatic rings. The Morgan fingerprint density at radius 1 is 1.38 bits per heavy atom. The summed E-state index contributed by atoms with van der Waals surface area (Å²) in [6, 6.07) is 5.88. The van der Waals surface area contributed by atoms with Crippen molar-refractivity contribution in [2.45, 2.75) is 0 Å². The van der Waals surface area contributed by atoms with Gasteiger partial charge < -0.3 is 9.47 Å². The van der Waals surface area contributed by atoms with Crippen LogP contribution < -0.4 is 14.9 Å². The second-order valence-electron chi connectivity index (χ2n) is 4.03. The van der Waals surface area contributed by atoms with E-state index in [-0.39, 0.29) is 11.7 Å². The molecule has 0 unspecified atom stereocenters. The lowest BCUT2D eigenvalue weighted by atomic mass is 10.2. The van der Waals surface area contributed by atoms with Crippen molar-refractivity contribution in [2.24, 2.45) is 5.10 Å². The van der Waals surface area contributed by atoms with Gasteiger partial charge in [0.2, 0.25) is 6.79 Å². The highest BCUT2D eigenvalue weighted by atomic mass is 35.5. The summed E-state index contributed by atoms with van der Waals surface area (Å²) in [6.45, 7) is 0.146. The highest BCUT2D eigenvalue weighted by Crippen LogP contribution is 2.36. The van der Waals surface area contributed by atoms with E-state index in [0.717, 1.165) is 11.3 Å². The normalized spacial score (nSPS) is 12.9. The van der Waals surface area contributed by atoms with Gasteiger partial charge in [0.1, 0.15) is 0 Å². The van der Waals surface area contributed by atoms with Gasteiger partial charge in [-0.3, -0.25) is 4.79 Å². The molecule has 2 heterocycles. The first-order chi connectivity index (χ1) is 10.1. The van der Waals surface area contributed by atoms with Crippen LogP contribution in [0.3, 0.4) is 0 Å². The van der Waals surface area contributed by atoms with Gasteiger partial charge in [0.25, 0.3) is 5.91 Å². The van der Waals surface area contributed by atoms with E-state index in [1.165, 1.54) is 18.3 Å². The van der Waals surface area contributed by atoms with Crippen LogP contribution in [0, 0.1) is 5.13 Å². The predicted octanol–water partition coefficient (Wildman–Crippen LogP) is 3.03. The van der Waals surface area contributed by atoms with Crippen molar-refractivity contribution in [1.29, 1.82) is 0 Å². The Hall–Kier alpha value is -2.12. The number of nitrogens with zero attached hydrogens (tertiary/aromatic N) is 1. The van der Waals surface area contributed by atoms with Crippen molar-refractivity contribution < 1.29 is 18.7 Å². The third kappa shape index (κ3) is 2.98. The average Bonchev–Trinajstić information content (AvgIpc) is 3.07. The first-order valence-corrected chi connectivity index (χ1v) is 7.01. The second kappa shape index (κ2) is 5.71. The molecule has 108 valence electrons. The lowest BCUT2D eigenvalue weighted by Crippen LogP contribution is -2.16. The third-order valence-corrected chi connectivity index (χ3v) is 3.86. The van der Waals surface area contributed by atoms with Crippen molar-refractivity contribution in [3.8, 4) is 11.5 Å². The molecule has 0 bridgehead atoms. The average molecular weight is 327 g/mol. The molecule has 0 atom stereocenters. The summed E-state index contributed by atoms with van der Waals surface area (Å²) < 4.78 is 23.2. The van der Waals surface area contributed by atoms with Crippen molar-refractivity contribution >= 4 is 35.1 Å². The molecule has 1 aromatic carbocycles. The standard InChI is InChI=1S/C13H8ClFN2O3S/c14-8-4-10-9(19-6-20-10)3-7(8)5-16-17-13(18)11-1-2-12(15)21-11/h1-5H,6H2,(H,17,18). The molecule has 8 heteroatoms. The first kappa shape index (κ1) is 13.8. The highest BCUT2D eigenvalue weighted by molar-refractivity contribution is 7.12. The van der Waals surface area contributed by atoms with Crippen LogP contribution in [0.2, 0.25) is 5.02 Å². The van der Waals surface area contributed by atoms with E-state index in [4.69, 9.17) is 21.1 Å². The zero-order valence-electron chi connectivity index (χ0n) is 10.4. The first-order valence-electron chi connectivity index (χ1n) is 5.81. The number of nitrogens with one attached hydrogen (secondary N) is 1. The lowest BCUT2D eigenvalue weighted by molar-refractivity contribution is 0.0959. The molecule has 3 rings (SSSR count). The minimum Gasteiger partial charge on any atom is -0.454 e. The number of thiophene rings is 1. The van der Waals surface area contributed by atoms with E-state index in [2.05, 4.69) is 10.5 Å². The molecule has 0 saturated heterocycles. The van der Waals surface area contributed by atoms with Crippen LogP contribution in [0.1, 0.15) is 15.2 Å². The van der Waals surface area contributed by atoms with Gasteiger partial charge in [-0.1, -0.05) is 11.6 Å². The van der Waals surface area contributed by atoms with E-state index in [9.17, 15) is 9.18 Å². The molecule has 21 heavy (non-hydrogen) atoms. The summed E-state index contributed by atoms with van der Waals surface area (Å²) in [7, 11) is 0. The molecule has 1 aliphatic heterocycles. The quantitative estimate of drug-likeness (QED) is 0.696. The van der Waals surface area contributed by atoms with Crippen molar-refractivity contribution in [3.05, 3.63) is 44.9 Å². The number of carbonyl (C=O) groups excluding carboxylic acids is 1. The molecular formula is C13H8ClFN2O3S. The van der Waals surface area contributed by atoms with E-state index in [1.807, 2.05) is 0 Å². The van der Waals surface area contributed by atoms with Gasteiger partial charge in [0.05, 0.1) is 16.1 Å². The summed E-state index contributed by atoms with van der Waals surface area (Å²) in [6.07, 6.45) is 1.38. The Balaban J connectivity index is 1.70. The molecule has 0 fully saturated rings. The minimum absolute atomic E-state index is 0.146. The van der Waals surface area contributed by atoms with Gasteiger partial charge in [-0.2, -0.15) is 9.49 Å². The molecule has 1 N–H and O–H groups in total. The number of ether oxygens (including phenoxy) is 2. The van der Waals surface area contributed by atoms with E-state index in [0.29, 0.717) is 22.1 Å². The zero-order valence-corrected chi connectivity index (χ0v) is 12.0. The van der Waals surface area contributed by atoms with E-state index < -0.39 is 11.0 Å². The van der Waals surface area contributed by atoms with Crippen LogP contribution in [0.15, 0.2) is 29.4 Å². The number of benzene rings is 1. The maximum Gasteiger partial charge on any atom is 0.281 e. The maximum atomic E-state index is 12.8. The summed E-state index contributed by atoms with van der Waals surface area (Å²) in [5, 5.41) is 3.78. The Morgan fingerprint density at radius 2 is 2.14 bits per heavy atom. The molecule has 0 aliphatic carbocycles. The Kier molecular flexibility index (Phi) is 3.76. The van der Waals surface area contributed by atoms with Crippen LogP contribution in [-0.2, 0) is 0 Å². The van der Waals surface area contributed by atoms with Crippen LogP contribution in [0.5, 0.6) is 11.5 Å². The second-order valence-corrected chi connectivity index (χ2v) is 5.47. The Bertz CT molecular complexity index is 732. The van der Waals surface area contributed by atoms with E-state index >= 15 is 0 Å². The number of fused-ring (bicyclic) bond motifs is 1. The molecular weight excluding hydrogens is 319 g/mol. The molecule has 1 aliphatic rings. The molecule has 1 aromatic heterocycles. The third-order valence-electron chi connectivity index (χ3n) is 2.66. The summed E-state index contributed by atoms with van der Waals surface area (Å²) in [4.78, 5) is 11.9. The van der Waals surface area contributed by atoms with Gasteiger partial charge in [-0.25, -0.2) is 5.43 Å². The van der Waals surface area contributed by atoms with Gasteiger partial charge >= 0.3 is 0 Å². The number of amides is 1. The molecule has 0 saturated carbocycles. The molecule has 5 nitrogen and oxygen atoms in total. The van der Waals surface area contributed by atoms with Crippen molar-refractivity contribution in [2.75, 3.05) is 6.79 Å². The van der Waals surface area contributed by atoms with E-state index in [1.54, 1.807) is 12.1 Å². The zero-order chi connectivity index (χ0) is 14.8. The lowest BCUT2D eigenvalue weighted by Gasteiger charge is -2.01. The number of hydrogen-bond acceptors (Lipinski definition) is 5. The molecule has 1 amide bonds. The maximum absolute atomic E-state index is 12.8. The smallest absolute Gasteiger partial charge is 0.281 e. The SMILES string of the molecule is O=C(NN=Cc1cc2c(cc1Cl)OCO2)c1ccc(F)s1. The van der Waals surface area contributed by atoms with Gasteiger partial charge in [0.15, 0.2) is 16.6 Å². The van der Waals surface area contributed by atoms with Gasteiger partial charge in [0, 0.05) is 11.6 Å². The van der Waals surface area contributed by atoms with Crippen LogP contribution in [0.25, 0.3) is 0 Å². The summed E-state index contributed by atoms with van der Waals surface area (Å²) in [5.41, 5.74) is 2.87. The summed E-state index contributed by atoms with van der Waals surface area (Å²) >= 11 is 6.80. The topological polar surface area (TPSA) is 59.9 Å². The number of hydrazone groups is 1. The number of carbonyl (C=O) groups is 1. The van der Waals surface area contributed by atoms with Gasteiger partial charge in [-0.05, 0) is 18.2 Å². The monoisotopic (exact) mass is 326 g/mol. The Labute approximate surface area is 127 Å². The Morgan fingerprint density at radius 3 is 2.86 bits per heavy atom. The van der Waals surface area contributed by atoms with Crippen LogP contribution >= 0.6 is 22.9 Å². The molecule has 0 spiro atoms.